The molecule has 0 saturated heterocycles. The molecule has 0 bridgehead atoms. The Balaban J connectivity index is 1.56. The van der Waals surface area contributed by atoms with Gasteiger partial charge >= 0.3 is 0 Å². The van der Waals surface area contributed by atoms with E-state index >= 15 is 0 Å². The van der Waals surface area contributed by atoms with Crippen LogP contribution >= 0.6 is 0 Å². The number of rotatable bonds is 6. The highest BCUT2D eigenvalue weighted by Gasteiger charge is 2.33. The number of hydrogen-bond acceptors (Lipinski definition) is 5. The van der Waals surface area contributed by atoms with Gasteiger partial charge in [-0.05, 0) is 30.4 Å². The van der Waals surface area contributed by atoms with Crippen molar-refractivity contribution in [2.75, 3.05) is 20.3 Å². The maximum absolute atomic E-state index is 5.47. The normalized spacial score (nSPS) is 21.3. The van der Waals surface area contributed by atoms with Crippen LogP contribution in [0.3, 0.4) is 0 Å². The van der Waals surface area contributed by atoms with Crippen LogP contribution in [0.4, 0.5) is 0 Å². The van der Waals surface area contributed by atoms with Crippen molar-refractivity contribution in [1.29, 1.82) is 0 Å². The zero-order chi connectivity index (χ0) is 15.6. The van der Waals surface area contributed by atoms with Gasteiger partial charge in [0.15, 0.2) is 0 Å². The van der Waals surface area contributed by atoms with Crippen LogP contribution in [0.15, 0.2) is 24.5 Å². The third-order valence-electron chi connectivity index (χ3n) is 4.82. The standard InChI is InChI=1S/C17H23N5O/c1-23-12-16-17-15(22(20-19-17)11-13-4-5-13)6-8-21(16)10-14-3-2-7-18-9-14/h2-3,7,9,13,16H,4-6,8,10-12H2,1H3/t16-/m1/s1. The maximum Gasteiger partial charge on any atom is 0.105 e. The first-order valence-corrected chi connectivity index (χ1v) is 8.39. The Morgan fingerprint density at radius 3 is 3.00 bits per heavy atom. The molecule has 23 heavy (non-hydrogen) atoms. The number of methoxy groups -OCH3 is 1. The Kier molecular flexibility index (Phi) is 4.10. The lowest BCUT2D eigenvalue weighted by Crippen LogP contribution is -2.38. The molecule has 2 aliphatic rings. The van der Waals surface area contributed by atoms with Crippen LogP contribution in [-0.4, -0.2) is 45.1 Å². The zero-order valence-electron chi connectivity index (χ0n) is 13.6. The van der Waals surface area contributed by atoms with Crippen LogP contribution in [0, 0.1) is 5.92 Å². The molecule has 0 radical (unpaired) electrons. The van der Waals surface area contributed by atoms with E-state index in [1.165, 1.54) is 24.1 Å². The lowest BCUT2D eigenvalue weighted by molar-refractivity contribution is 0.0748. The van der Waals surface area contributed by atoms with E-state index in [0.717, 1.165) is 37.7 Å². The van der Waals surface area contributed by atoms with Gasteiger partial charge in [-0.1, -0.05) is 11.3 Å². The van der Waals surface area contributed by atoms with Gasteiger partial charge in [-0.15, -0.1) is 5.10 Å². The van der Waals surface area contributed by atoms with E-state index in [0.29, 0.717) is 6.61 Å². The van der Waals surface area contributed by atoms with Gasteiger partial charge in [0.05, 0.1) is 18.3 Å². The Labute approximate surface area is 136 Å². The summed E-state index contributed by atoms with van der Waals surface area (Å²) in [5.74, 6) is 0.815. The predicted octanol–water partition coefficient (Wildman–Crippen LogP) is 1.83. The second-order valence-electron chi connectivity index (χ2n) is 6.60. The molecule has 0 amide bonds. The number of ether oxygens (including phenoxy) is 1. The van der Waals surface area contributed by atoms with Gasteiger partial charge in [-0.25, -0.2) is 4.68 Å². The average Bonchev–Trinajstić information content (AvgIpc) is 3.30. The van der Waals surface area contributed by atoms with Gasteiger partial charge in [0.25, 0.3) is 0 Å². The van der Waals surface area contributed by atoms with Crippen molar-refractivity contribution < 1.29 is 4.74 Å². The fourth-order valence-electron chi connectivity index (χ4n) is 3.39. The number of nitrogens with zero attached hydrogens (tertiary/aromatic N) is 5. The second-order valence-corrected chi connectivity index (χ2v) is 6.60. The first-order chi connectivity index (χ1) is 11.3. The minimum Gasteiger partial charge on any atom is -0.383 e. The van der Waals surface area contributed by atoms with Gasteiger partial charge in [0.1, 0.15) is 5.69 Å². The summed E-state index contributed by atoms with van der Waals surface area (Å²) >= 11 is 0. The van der Waals surface area contributed by atoms with Gasteiger partial charge in [0.2, 0.25) is 0 Å². The molecule has 0 N–H and O–H groups in total. The van der Waals surface area contributed by atoms with Crippen molar-refractivity contribution in [2.24, 2.45) is 5.92 Å². The van der Waals surface area contributed by atoms with Crippen LogP contribution in [0.1, 0.15) is 35.8 Å². The Bertz CT molecular complexity index is 652. The first kappa shape index (κ1) is 14.8. The third-order valence-corrected chi connectivity index (χ3v) is 4.82. The summed E-state index contributed by atoms with van der Waals surface area (Å²) in [5, 5.41) is 8.93. The molecule has 3 heterocycles. The lowest BCUT2D eigenvalue weighted by Gasteiger charge is -2.34. The lowest BCUT2D eigenvalue weighted by atomic mass is 10.0. The fraction of sp³-hybridized carbons (Fsp3) is 0.588. The number of fused-ring (bicyclic) bond motifs is 1. The molecule has 4 rings (SSSR count). The zero-order valence-corrected chi connectivity index (χ0v) is 13.6. The molecule has 0 aromatic carbocycles. The summed E-state index contributed by atoms with van der Waals surface area (Å²) in [4.78, 5) is 6.65. The molecule has 1 fully saturated rings. The summed E-state index contributed by atoms with van der Waals surface area (Å²) in [7, 11) is 1.76. The van der Waals surface area contributed by atoms with Crippen molar-refractivity contribution in [1.82, 2.24) is 24.9 Å². The van der Waals surface area contributed by atoms with E-state index < -0.39 is 0 Å². The van der Waals surface area contributed by atoms with Crippen LogP contribution < -0.4 is 0 Å². The second kappa shape index (κ2) is 6.37. The largest absolute Gasteiger partial charge is 0.383 e. The Morgan fingerprint density at radius 2 is 2.26 bits per heavy atom. The molecule has 0 unspecified atom stereocenters. The van der Waals surface area contributed by atoms with E-state index in [1.54, 1.807) is 7.11 Å². The molecule has 1 saturated carbocycles. The first-order valence-electron chi connectivity index (χ1n) is 8.39. The quantitative estimate of drug-likeness (QED) is 0.814. The van der Waals surface area contributed by atoms with Crippen LogP contribution in [0.5, 0.6) is 0 Å². The average molecular weight is 313 g/mol. The number of aromatic nitrogens is 4. The number of hydrogen-bond donors (Lipinski definition) is 0. The monoisotopic (exact) mass is 313 g/mol. The van der Waals surface area contributed by atoms with Crippen molar-refractivity contribution in [3.63, 3.8) is 0 Å². The summed E-state index contributed by atoms with van der Waals surface area (Å²) in [6.45, 7) is 3.56. The molecular weight excluding hydrogens is 290 g/mol. The van der Waals surface area contributed by atoms with Crippen molar-refractivity contribution in [3.05, 3.63) is 41.5 Å². The summed E-state index contributed by atoms with van der Waals surface area (Å²) in [6, 6.07) is 4.29. The smallest absolute Gasteiger partial charge is 0.105 e. The Hall–Kier alpha value is -1.79. The molecule has 2 aromatic rings. The van der Waals surface area contributed by atoms with Gasteiger partial charge in [-0.2, -0.15) is 0 Å². The molecule has 6 heteroatoms. The molecule has 1 aliphatic carbocycles. The van der Waals surface area contributed by atoms with Crippen molar-refractivity contribution >= 4 is 0 Å². The minimum atomic E-state index is 0.178. The molecule has 1 aliphatic heterocycles. The number of pyridine rings is 1. The molecule has 2 aromatic heterocycles. The van der Waals surface area contributed by atoms with Crippen molar-refractivity contribution in [3.8, 4) is 0 Å². The van der Waals surface area contributed by atoms with E-state index in [2.05, 4.69) is 30.9 Å². The maximum atomic E-state index is 5.47. The van der Waals surface area contributed by atoms with Crippen molar-refractivity contribution in [2.45, 2.75) is 38.4 Å². The molecule has 0 spiro atoms. The van der Waals surface area contributed by atoms with E-state index in [-0.39, 0.29) is 6.04 Å². The fourth-order valence-corrected chi connectivity index (χ4v) is 3.39. The SMILES string of the molecule is COC[C@@H]1c2nnn(CC3CC3)c2CCN1Cc1cccnc1. The third kappa shape index (κ3) is 3.14. The van der Waals surface area contributed by atoms with Crippen LogP contribution in [0.2, 0.25) is 0 Å². The highest BCUT2D eigenvalue weighted by Crippen LogP contribution is 2.34. The summed E-state index contributed by atoms with van der Waals surface area (Å²) < 4.78 is 7.61. The van der Waals surface area contributed by atoms with E-state index in [9.17, 15) is 0 Å². The Morgan fingerprint density at radius 1 is 1.35 bits per heavy atom. The molecular formula is C17H23N5O. The molecule has 1 atom stereocenters. The topological polar surface area (TPSA) is 56.1 Å². The van der Waals surface area contributed by atoms with Gasteiger partial charge in [-0.3, -0.25) is 9.88 Å². The van der Waals surface area contributed by atoms with Gasteiger partial charge in [0, 0.05) is 45.6 Å². The van der Waals surface area contributed by atoms with E-state index in [1.807, 2.05) is 18.5 Å². The highest BCUT2D eigenvalue weighted by molar-refractivity contribution is 5.20. The summed E-state index contributed by atoms with van der Waals surface area (Å²) in [6.07, 6.45) is 7.43. The van der Waals surface area contributed by atoms with E-state index in [4.69, 9.17) is 4.74 Å². The molecule has 122 valence electrons. The minimum absolute atomic E-state index is 0.178. The predicted molar refractivity (Wildman–Crippen MR) is 85.7 cm³/mol. The summed E-state index contributed by atoms with van der Waals surface area (Å²) in [5.41, 5.74) is 3.63. The molecule has 6 nitrogen and oxygen atoms in total. The highest BCUT2D eigenvalue weighted by atomic mass is 16.5. The van der Waals surface area contributed by atoms with Crippen LogP contribution in [0.25, 0.3) is 0 Å². The van der Waals surface area contributed by atoms with Gasteiger partial charge < -0.3 is 4.74 Å². The van der Waals surface area contributed by atoms with Crippen LogP contribution in [-0.2, 0) is 24.2 Å².